The number of amides is 3. The van der Waals surface area contributed by atoms with E-state index in [0.29, 0.717) is 30.0 Å². The van der Waals surface area contributed by atoms with Gasteiger partial charge in [0.2, 0.25) is 0 Å². The van der Waals surface area contributed by atoms with Gasteiger partial charge in [-0.05, 0) is 54.5 Å². The monoisotopic (exact) mass is 442 g/mol. The quantitative estimate of drug-likeness (QED) is 0.501. The second kappa shape index (κ2) is 9.24. The molecule has 1 fully saturated rings. The number of fused-ring (bicyclic) bond motifs is 2. The van der Waals surface area contributed by atoms with Gasteiger partial charge in [0, 0.05) is 54.3 Å². The average molecular weight is 443 g/mol. The standard InChI is InChI=1S/C27H30N4O2/c1-2-13-31-17-18(11-12-28-27(33)30-26(32)19-7-4-3-5-8-19)14-22-21-9-6-10-23-25(21)20(16-29-23)15-24(22)31/h2-10,16,18,22,24,29H,1,11-15,17H2,(H2,28,30,32,33)/t18?,22-,24-/m1/s1. The Labute approximate surface area is 194 Å². The fraction of sp³-hybridized carbons (Fsp3) is 0.333. The normalized spacial score (nSPS) is 21.9. The van der Waals surface area contributed by atoms with Crippen molar-refractivity contribution in [1.82, 2.24) is 20.5 Å². The highest BCUT2D eigenvalue weighted by molar-refractivity contribution is 6.04. The van der Waals surface area contributed by atoms with Crippen molar-refractivity contribution < 1.29 is 9.59 Å². The van der Waals surface area contributed by atoms with Crippen LogP contribution >= 0.6 is 0 Å². The molecule has 3 aromatic rings. The van der Waals surface area contributed by atoms with Crippen LogP contribution in [0, 0.1) is 5.92 Å². The molecule has 0 bridgehead atoms. The highest BCUT2D eigenvalue weighted by Gasteiger charge is 2.40. The molecule has 1 aromatic heterocycles. The van der Waals surface area contributed by atoms with Gasteiger partial charge >= 0.3 is 6.03 Å². The lowest BCUT2D eigenvalue weighted by Gasteiger charge is -2.47. The van der Waals surface area contributed by atoms with Gasteiger partial charge in [0.1, 0.15) is 0 Å². The molecule has 3 N–H and O–H groups in total. The van der Waals surface area contributed by atoms with Gasteiger partial charge in [-0.15, -0.1) is 6.58 Å². The molecule has 1 aliphatic heterocycles. The number of carbonyl (C=O) groups is 2. The molecule has 3 atom stereocenters. The van der Waals surface area contributed by atoms with Gasteiger partial charge in [-0.2, -0.15) is 0 Å². The number of aromatic nitrogens is 1. The van der Waals surface area contributed by atoms with Crippen molar-refractivity contribution in [2.24, 2.45) is 5.92 Å². The topological polar surface area (TPSA) is 77.2 Å². The Bertz CT molecular complexity index is 1170. The van der Waals surface area contributed by atoms with E-state index in [4.69, 9.17) is 0 Å². The summed E-state index contributed by atoms with van der Waals surface area (Å²) in [6.45, 7) is 6.39. The first-order valence-electron chi connectivity index (χ1n) is 11.7. The Morgan fingerprint density at radius 1 is 1.15 bits per heavy atom. The minimum atomic E-state index is -0.445. The highest BCUT2D eigenvalue weighted by atomic mass is 16.2. The summed E-state index contributed by atoms with van der Waals surface area (Å²) in [5.74, 6) is 0.555. The van der Waals surface area contributed by atoms with Gasteiger partial charge in [0.25, 0.3) is 5.91 Å². The third-order valence-corrected chi connectivity index (χ3v) is 7.13. The van der Waals surface area contributed by atoms with Crippen LogP contribution in [0.1, 0.15) is 40.2 Å². The van der Waals surface area contributed by atoms with Crippen LogP contribution < -0.4 is 10.6 Å². The largest absolute Gasteiger partial charge is 0.361 e. The van der Waals surface area contributed by atoms with E-state index >= 15 is 0 Å². The summed E-state index contributed by atoms with van der Waals surface area (Å²) in [6, 6.07) is 15.4. The van der Waals surface area contributed by atoms with E-state index in [1.54, 1.807) is 24.3 Å². The Kier molecular flexibility index (Phi) is 6.01. The molecule has 170 valence electrons. The summed E-state index contributed by atoms with van der Waals surface area (Å²) < 4.78 is 0. The number of benzene rings is 2. The maximum absolute atomic E-state index is 12.2. The van der Waals surface area contributed by atoms with Gasteiger partial charge in [-0.25, -0.2) is 4.79 Å². The first-order chi connectivity index (χ1) is 16.1. The van der Waals surface area contributed by atoms with Crippen molar-refractivity contribution in [2.45, 2.75) is 31.2 Å². The first-order valence-corrected chi connectivity index (χ1v) is 11.7. The number of carbonyl (C=O) groups excluding carboxylic acids is 2. The van der Waals surface area contributed by atoms with E-state index in [0.717, 1.165) is 32.4 Å². The molecule has 5 rings (SSSR count). The van der Waals surface area contributed by atoms with E-state index < -0.39 is 6.03 Å². The molecular formula is C27H30N4O2. The number of likely N-dealkylation sites (tertiary alicyclic amines) is 1. The Balaban J connectivity index is 1.22. The van der Waals surface area contributed by atoms with E-state index in [9.17, 15) is 9.59 Å². The summed E-state index contributed by atoms with van der Waals surface area (Å²) in [4.78, 5) is 30.4. The molecule has 1 saturated heterocycles. The van der Waals surface area contributed by atoms with Crippen molar-refractivity contribution in [2.75, 3.05) is 19.6 Å². The van der Waals surface area contributed by atoms with Crippen molar-refractivity contribution in [3.05, 3.63) is 84.1 Å². The van der Waals surface area contributed by atoms with Crippen LogP contribution in [-0.4, -0.2) is 47.5 Å². The van der Waals surface area contributed by atoms with Crippen molar-refractivity contribution in [1.29, 1.82) is 0 Å². The second-order valence-corrected chi connectivity index (χ2v) is 9.17. The van der Waals surface area contributed by atoms with Crippen molar-refractivity contribution >= 4 is 22.8 Å². The van der Waals surface area contributed by atoms with Crippen molar-refractivity contribution in [3.63, 3.8) is 0 Å². The van der Waals surface area contributed by atoms with Gasteiger partial charge in [-0.3, -0.25) is 15.0 Å². The van der Waals surface area contributed by atoms with Crippen LogP contribution in [0.5, 0.6) is 0 Å². The molecule has 1 aliphatic carbocycles. The smallest absolute Gasteiger partial charge is 0.321 e. The van der Waals surface area contributed by atoms with Crippen LogP contribution in [0.4, 0.5) is 4.79 Å². The summed E-state index contributed by atoms with van der Waals surface area (Å²) in [6.07, 6.45) is 7.20. The maximum atomic E-state index is 12.2. The molecule has 2 aromatic carbocycles. The molecule has 1 unspecified atom stereocenters. The summed E-state index contributed by atoms with van der Waals surface area (Å²) >= 11 is 0. The summed E-state index contributed by atoms with van der Waals surface area (Å²) in [5.41, 5.74) is 4.55. The molecule has 0 saturated carbocycles. The zero-order chi connectivity index (χ0) is 22.8. The summed E-state index contributed by atoms with van der Waals surface area (Å²) in [7, 11) is 0. The third-order valence-electron chi connectivity index (χ3n) is 7.13. The molecule has 33 heavy (non-hydrogen) atoms. The number of nitrogens with one attached hydrogen (secondary N) is 3. The highest BCUT2D eigenvalue weighted by Crippen LogP contribution is 2.45. The number of hydrogen-bond donors (Lipinski definition) is 3. The number of piperidine rings is 1. The number of H-pyrrole nitrogens is 1. The number of imide groups is 1. The number of nitrogens with zero attached hydrogens (tertiary/aromatic N) is 1. The predicted molar refractivity (Wildman–Crippen MR) is 130 cm³/mol. The van der Waals surface area contributed by atoms with Crippen LogP contribution in [0.3, 0.4) is 0 Å². The Morgan fingerprint density at radius 2 is 2.00 bits per heavy atom. The molecule has 0 spiro atoms. The SMILES string of the molecule is C=CCN1CC(CCNC(=O)NC(=O)c2ccccc2)C[C@@H]2c3cccc4[nH]cc(c34)C[C@H]21. The Hall–Kier alpha value is -3.38. The molecule has 3 amide bonds. The molecule has 2 heterocycles. The average Bonchev–Trinajstić information content (AvgIpc) is 3.25. The predicted octanol–water partition coefficient (Wildman–Crippen LogP) is 4.21. The van der Waals surface area contributed by atoms with Gasteiger partial charge < -0.3 is 10.3 Å². The molecule has 6 nitrogen and oxygen atoms in total. The number of hydrogen-bond acceptors (Lipinski definition) is 3. The lowest BCUT2D eigenvalue weighted by Crippen LogP contribution is -2.50. The molecule has 2 aliphatic rings. The summed E-state index contributed by atoms with van der Waals surface area (Å²) in [5, 5.41) is 6.68. The lowest BCUT2D eigenvalue weighted by molar-refractivity contribution is 0.0926. The van der Waals surface area contributed by atoms with Gasteiger partial charge in [-0.1, -0.05) is 36.4 Å². The number of rotatable bonds is 6. The molecule has 0 radical (unpaired) electrons. The number of urea groups is 1. The van der Waals surface area contributed by atoms with E-state index in [-0.39, 0.29) is 5.91 Å². The van der Waals surface area contributed by atoms with Gasteiger partial charge in [0.05, 0.1) is 0 Å². The van der Waals surface area contributed by atoms with Crippen LogP contribution in [0.2, 0.25) is 0 Å². The zero-order valence-corrected chi connectivity index (χ0v) is 18.7. The second-order valence-electron chi connectivity index (χ2n) is 9.17. The maximum Gasteiger partial charge on any atom is 0.321 e. The van der Waals surface area contributed by atoms with E-state index in [1.807, 2.05) is 12.1 Å². The fourth-order valence-corrected chi connectivity index (χ4v) is 5.68. The van der Waals surface area contributed by atoms with E-state index in [2.05, 4.69) is 51.5 Å². The lowest BCUT2D eigenvalue weighted by atomic mass is 9.71. The minimum absolute atomic E-state index is 0.386. The first kappa shape index (κ1) is 21.5. The minimum Gasteiger partial charge on any atom is -0.361 e. The van der Waals surface area contributed by atoms with Gasteiger partial charge in [0.15, 0.2) is 0 Å². The van der Waals surface area contributed by atoms with Crippen LogP contribution in [0.25, 0.3) is 10.9 Å². The molecule has 6 heteroatoms. The number of aromatic amines is 1. The fourth-order valence-electron chi connectivity index (χ4n) is 5.68. The van der Waals surface area contributed by atoms with Crippen LogP contribution in [0.15, 0.2) is 67.4 Å². The van der Waals surface area contributed by atoms with Crippen molar-refractivity contribution in [3.8, 4) is 0 Å². The molecular weight excluding hydrogens is 412 g/mol. The van der Waals surface area contributed by atoms with E-state index in [1.165, 1.54) is 22.0 Å². The van der Waals surface area contributed by atoms with Crippen LogP contribution in [-0.2, 0) is 6.42 Å². The zero-order valence-electron chi connectivity index (χ0n) is 18.7. The third kappa shape index (κ3) is 4.31. The Morgan fingerprint density at radius 3 is 2.82 bits per heavy atom.